The number of unbranched alkanes of at least 4 members (excludes halogenated alkanes) is 1. The number of nitrogens with zero attached hydrogens (tertiary/aromatic N) is 1. The summed E-state index contributed by atoms with van der Waals surface area (Å²) in [5.41, 5.74) is 0.607. The van der Waals surface area contributed by atoms with Gasteiger partial charge >= 0.3 is 0 Å². The summed E-state index contributed by atoms with van der Waals surface area (Å²) < 4.78 is 13.8. The number of hydrogen-bond acceptors (Lipinski definition) is 2. The molecule has 1 fully saturated rings. The van der Waals surface area contributed by atoms with Crippen LogP contribution in [-0.4, -0.2) is 30.4 Å². The zero-order chi connectivity index (χ0) is 15.1. The second-order valence-corrected chi connectivity index (χ2v) is 5.73. The second kappa shape index (κ2) is 9.80. The number of rotatable bonds is 6. The number of carbonyl (C=O) groups excluding carboxylic acids is 1. The van der Waals surface area contributed by atoms with Crippen LogP contribution in [0.1, 0.15) is 38.2 Å². The van der Waals surface area contributed by atoms with Crippen LogP contribution in [0.2, 0.25) is 0 Å². The molecule has 1 heterocycles. The number of hydrogen-bond donors (Lipinski definition) is 1. The second-order valence-electron chi connectivity index (χ2n) is 5.73. The van der Waals surface area contributed by atoms with Crippen molar-refractivity contribution in [3.8, 4) is 0 Å². The molecule has 1 amide bonds. The number of benzene rings is 1. The molecule has 0 aromatic heterocycles. The standard InChI is InChI=1S/C17H25FN2O.ClH/c1-2-3-12-20(13-15-6-4-5-7-16(15)18)17(21)14-8-10-19-11-9-14;/h4-7,14,19H,2-3,8-13H2,1H3;1H. The minimum Gasteiger partial charge on any atom is -0.338 e. The molecule has 0 atom stereocenters. The minimum atomic E-state index is -0.225. The van der Waals surface area contributed by atoms with Gasteiger partial charge in [0, 0.05) is 24.6 Å². The van der Waals surface area contributed by atoms with Crippen molar-refractivity contribution in [3.63, 3.8) is 0 Å². The lowest BCUT2D eigenvalue weighted by molar-refractivity contribution is -0.137. The Hall–Kier alpha value is -1.13. The van der Waals surface area contributed by atoms with Crippen LogP contribution in [-0.2, 0) is 11.3 Å². The Morgan fingerprint density at radius 3 is 2.64 bits per heavy atom. The lowest BCUT2D eigenvalue weighted by Gasteiger charge is -2.30. The summed E-state index contributed by atoms with van der Waals surface area (Å²) in [6.07, 6.45) is 3.77. The van der Waals surface area contributed by atoms with E-state index in [0.717, 1.165) is 38.8 Å². The first kappa shape index (κ1) is 18.9. The van der Waals surface area contributed by atoms with E-state index >= 15 is 0 Å². The number of carbonyl (C=O) groups is 1. The third kappa shape index (κ3) is 5.25. The smallest absolute Gasteiger partial charge is 0.226 e. The van der Waals surface area contributed by atoms with Gasteiger partial charge in [0.2, 0.25) is 5.91 Å². The molecule has 0 unspecified atom stereocenters. The zero-order valence-corrected chi connectivity index (χ0v) is 14.0. The quantitative estimate of drug-likeness (QED) is 0.868. The van der Waals surface area contributed by atoms with Crippen LogP contribution in [0.4, 0.5) is 4.39 Å². The molecule has 0 saturated carbocycles. The fraction of sp³-hybridized carbons (Fsp3) is 0.588. The average molecular weight is 329 g/mol. The predicted molar refractivity (Wildman–Crippen MR) is 89.6 cm³/mol. The van der Waals surface area contributed by atoms with E-state index < -0.39 is 0 Å². The number of nitrogens with one attached hydrogen (secondary N) is 1. The summed E-state index contributed by atoms with van der Waals surface area (Å²) in [6.45, 7) is 5.01. The third-order valence-corrected chi connectivity index (χ3v) is 4.10. The van der Waals surface area contributed by atoms with Crippen molar-refractivity contribution in [1.82, 2.24) is 10.2 Å². The van der Waals surface area contributed by atoms with E-state index in [9.17, 15) is 9.18 Å². The molecule has 0 radical (unpaired) electrons. The Labute approximate surface area is 138 Å². The largest absolute Gasteiger partial charge is 0.338 e. The molecule has 1 saturated heterocycles. The molecule has 1 aromatic rings. The first-order chi connectivity index (χ1) is 10.2. The van der Waals surface area contributed by atoms with Crippen LogP contribution in [0.15, 0.2) is 24.3 Å². The molecule has 1 aromatic carbocycles. The van der Waals surface area contributed by atoms with E-state index in [1.807, 2.05) is 11.0 Å². The summed E-state index contributed by atoms with van der Waals surface area (Å²) in [6, 6.07) is 6.74. The molecule has 2 rings (SSSR count). The number of amides is 1. The minimum absolute atomic E-state index is 0. The van der Waals surface area contributed by atoms with Gasteiger partial charge in [-0.05, 0) is 38.4 Å². The fourth-order valence-electron chi connectivity index (χ4n) is 2.78. The highest BCUT2D eigenvalue weighted by Crippen LogP contribution is 2.18. The van der Waals surface area contributed by atoms with E-state index in [0.29, 0.717) is 18.7 Å². The molecule has 1 aliphatic rings. The van der Waals surface area contributed by atoms with Gasteiger partial charge < -0.3 is 10.2 Å². The molecule has 0 bridgehead atoms. The Kier molecular flexibility index (Phi) is 8.43. The summed E-state index contributed by atoms with van der Waals surface area (Å²) in [4.78, 5) is 14.5. The molecule has 22 heavy (non-hydrogen) atoms. The molecule has 1 N–H and O–H groups in total. The molecule has 3 nitrogen and oxygen atoms in total. The number of piperidine rings is 1. The van der Waals surface area contributed by atoms with Gasteiger partial charge in [-0.15, -0.1) is 12.4 Å². The summed E-state index contributed by atoms with van der Waals surface area (Å²) in [7, 11) is 0. The lowest BCUT2D eigenvalue weighted by Crippen LogP contribution is -2.41. The monoisotopic (exact) mass is 328 g/mol. The van der Waals surface area contributed by atoms with Crippen LogP contribution in [0.25, 0.3) is 0 Å². The van der Waals surface area contributed by atoms with Gasteiger partial charge in [-0.1, -0.05) is 31.5 Å². The Morgan fingerprint density at radius 1 is 1.32 bits per heavy atom. The predicted octanol–water partition coefficient (Wildman–Crippen LogP) is 3.38. The molecule has 0 spiro atoms. The summed E-state index contributed by atoms with van der Waals surface area (Å²) in [5, 5.41) is 3.28. The van der Waals surface area contributed by atoms with Crippen molar-refractivity contribution in [2.45, 2.75) is 39.2 Å². The highest BCUT2D eigenvalue weighted by Gasteiger charge is 2.26. The molecular weight excluding hydrogens is 303 g/mol. The van der Waals surface area contributed by atoms with Crippen LogP contribution in [0.3, 0.4) is 0 Å². The van der Waals surface area contributed by atoms with E-state index in [1.54, 1.807) is 12.1 Å². The van der Waals surface area contributed by atoms with Crippen LogP contribution in [0.5, 0.6) is 0 Å². The van der Waals surface area contributed by atoms with Gasteiger partial charge in [0.15, 0.2) is 0 Å². The van der Waals surface area contributed by atoms with Gasteiger partial charge in [-0.25, -0.2) is 4.39 Å². The normalized spacial score (nSPS) is 15.2. The maximum absolute atomic E-state index is 13.8. The third-order valence-electron chi connectivity index (χ3n) is 4.10. The van der Waals surface area contributed by atoms with Gasteiger partial charge in [0.25, 0.3) is 0 Å². The Morgan fingerprint density at radius 2 is 2.00 bits per heavy atom. The van der Waals surface area contributed by atoms with Crippen molar-refractivity contribution in [3.05, 3.63) is 35.6 Å². The first-order valence-corrected chi connectivity index (χ1v) is 7.95. The first-order valence-electron chi connectivity index (χ1n) is 7.95. The van der Waals surface area contributed by atoms with Crippen molar-refractivity contribution >= 4 is 18.3 Å². The van der Waals surface area contributed by atoms with Crippen molar-refractivity contribution in [2.75, 3.05) is 19.6 Å². The van der Waals surface area contributed by atoms with Crippen LogP contribution >= 0.6 is 12.4 Å². The summed E-state index contributed by atoms with van der Waals surface area (Å²) >= 11 is 0. The Balaban J connectivity index is 0.00000242. The maximum Gasteiger partial charge on any atom is 0.226 e. The van der Waals surface area contributed by atoms with Gasteiger partial charge in [0.05, 0.1) is 0 Å². The van der Waals surface area contributed by atoms with Crippen molar-refractivity contribution in [2.24, 2.45) is 5.92 Å². The van der Waals surface area contributed by atoms with Crippen molar-refractivity contribution < 1.29 is 9.18 Å². The number of halogens is 2. The van der Waals surface area contributed by atoms with Crippen LogP contribution in [0, 0.1) is 11.7 Å². The fourth-order valence-corrected chi connectivity index (χ4v) is 2.78. The van der Waals surface area contributed by atoms with E-state index in [2.05, 4.69) is 12.2 Å². The Bertz CT molecular complexity index is 464. The SMILES string of the molecule is CCCCN(Cc1ccccc1F)C(=O)C1CCNCC1.Cl. The molecule has 0 aliphatic carbocycles. The zero-order valence-electron chi connectivity index (χ0n) is 13.2. The van der Waals surface area contributed by atoms with E-state index in [1.165, 1.54) is 6.07 Å². The lowest BCUT2D eigenvalue weighted by atomic mass is 9.96. The molecular formula is C17H26ClFN2O. The topological polar surface area (TPSA) is 32.3 Å². The maximum atomic E-state index is 13.8. The van der Waals surface area contributed by atoms with Gasteiger partial charge in [-0.2, -0.15) is 0 Å². The van der Waals surface area contributed by atoms with Gasteiger partial charge in [0.1, 0.15) is 5.82 Å². The van der Waals surface area contributed by atoms with Crippen LogP contribution < -0.4 is 5.32 Å². The summed E-state index contributed by atoms with van der Waals surface area (Å²) in [5.74, 6) is 0.0557. The molecule has 124 valence electrons. The van der Waals surface area contributed by atoms with Gasteiger partial charge in [-0.3, -0.25) is 4.79 Å². The average Bonchev–Trinajstić information content (AvgIpc) is 2.53. The molecule has 5 heteroatoms. The van der Waals surface area contributed by atoms with Crippen molar-refractivity contribution in [1.29, 1.82) is 0 Å². The highest BCUT2D eigenvalue weighted by molar-refractivity contribution is 5.85. The molecule has 1 aliphatic heterocycles. The van der Waals surface area contributed by atoms with E-state index in [-0.39, 0.29) is 30.0 Å². The highest BCUT2D eigenvalue weighted by atomic mass is 35.5. The van der Waals surface area contributed by atoms with E-state index in [4.69, 9.17) is 0 Å².